The van der Waals surface area contributed by atoms with E-state index in [2.05, 4.69) is 11.3 Å². The predicted octanol–water partition coefficient (Wildman–Crippen LogP) is 3.83. The van der Waals surface area contributed by atoms with Gasteiger partial charge in [-0.15, -0.1) is 0 Å². The van der Waals surface area contributed by atoms with Gasteiger partial charge in [0.25, 0.3) is 0 Å². The molecule has 1 N–H and O–H groups in total. The van der Waals surface area contributed by atoms with Crippen molar-refractivity contribution in [2.24, 2.45) is 5.92 Å². The van der Waals surface area contributed by atoms with E-state index >= 15 is 0 Å². The summed E-state index contributed by atoms with van der Waals surface area (Å²) < 4.78 is 2.02. The monoisotopic (exact) mass is 284 g/mol. The SMILES string of the molecule is O=C(O)c1ccc(-c2cnn(CC3CCCCC3)c2)cc1. The third-order valence-corrected chi connectivity index (χ3v) is 4.27. The van der Waals surface area contributed by atoms with Crippen molar-refractivity contribution >= 4 is 5.97 Å². The summed E-state index contributed by atoms with van der Waals surface area (Å²) in [7, 11) is 0. The molecule has 1 aromatic carbocycles. The van der Waals surface area contributed by atoms with E-state index in [4.69, 9.17) is 5.11 Å². The van der Waals surface area contributed by atoms with Crippen LogP contribution in [0.4, 0.5) is 0 Å². The molecule has 0 radical (unpaired) electrons. The number of carbonyl (C=O) groups is 1. The summed E-state index contributed by atoms with van der Waals surface area (Å²) in [5.41, 5.74) is 2.37. The molecule has 0 aliphatic heterocycles. The Morgan fingerprint density at radius 2 is 1.86 bits per heavy atom. The molecule has 1 aliphatic carbocycles. The average molecular weight is 284 g/mol. The van der Waals surface area contributed by atoms with Gasteiger partial charge in [0.05, 0.1) is 11.8 Å². The quantitative estimate of drug-likeness (QED) is 0.928. The highest BCUT2D eigenvalue weighted by Crippen LogP contribution is 2.26. The third-order valence-electron chi connectivity index (χ3n) is 4.27. The molecule has 0 unspecified atom stereocenters. The molecule has 21 heavy (non-hydrogen) atoms. The molecule has 0 amide bonds. The largest absolute Gasteiger partial charge is 0.478 e. The van der Waals surface area contributed by atoms with Gasteiger partial charge in [-0.25, -0.2) is 4.79 Å². The Morgan fingerprint density at radius 3 is 2.52 bits per heavy atom. The first-order chi connectivity index (χ1) is 10.2. The number of carboxylic acids is 1. The normalized spacial score (nSPS) is 16.0. The summed E-state index contributed by atoms with van der Waals surface area (Å²) in [5.74, 6) is -0.143. The molecule has 2 aromatic rings. The van der Waals surface area contributed by atoms with Crippen LogP contribution in [0.25, 0.3) is 11.1 Å². The van der Waals surface area contributed by atoms with E-state index in [-0.39, 0.29) is 0 Å². The fourth-order valence-electron chi connectivity index (χ4n) is 3.05. The van der Waals surface area contributed by atoms with Crippen molar-refractivity contribution < 1.29 is 9.90 Å². The Bertz CT molecular complexity index is 610. The van der Waals surface area contributed by atoms with Crippen LogP contribution in [0.15, 0.2) is 36.7 Å². The lowest BCUT2D eigenvalue weighted by Gasteiger charge is -2.21. The highest BCUT2D eigenvalue weighted by atomic mass is 16.4. The lowest BCUT2D eigenvalue weighted by Crippen LogP contribution is -2.14. The minimum absolute atomic E-state index is 0.313. The Kier molecular flexibility index (Phi) is 4.04. The summed E-state index contributed by atoms with van der Waals surface area (Å²) in [6.45, 7) is 0.993. The van der Waals surface area contributed by atoms with Crippen LogP contribution in [0.2, 0.25) is 0 Å². The molecule has 0 bridgehead atoms. The maximum Gasteiger partial charge on any atom is 0.335 e. The molecule has 0 spiro atoms. The van der Waals surface area contributed by atoms with Crippen molar-refractivity contribution in [1.82, 2.24) is 9.78 Å². The van der Waals surface area contributed by atoms with Gasteiger partial charge in [-0.2, -0.15) is 5.10 Å². The summed E-state index contributed by atoms with van der Waals surface area (Å²) in [6, 6.07) is 6.95. The topological polar surface area (TPSA) is 55.1 Å². The second-order valence-electron chi connectivity index (χ2n) is 5.84. The maximum atomic E-state index is 10.9. The van der Waals surface area contributed by atoms with Gasteiger partial charge >= 0.3 is 5.97 Å². The Labute approximate surface area is 124 Å². The van der Waals surface area contributed by atoms with Gasteiger partial charge in [0.15, 0.2) is 0 Å². The fourth-order valence-corrected chi connectivity index (χ4v) is 3.05. The van der Waals surface area contributed by atoms with Crippen LogP contribution in [-0.2, 0) is 6.54 Å². The summed E-state index contributed by atoms with van der Waals surface area (Å²) >= 11 is 0. The first-order valence-electron chi connectivity index (χ1n) is 7.58. The van der Waals surface area contributed by atoms with Gasteiger partial charge in [-0.1, -0.05) is 31.4 Å². The van der Waals surface area contributed by atoms with Crippen LogP contribution in [0.5, 0.6) is 0 Å². The minimum atomic E-state index is -0.894. The number of nitrogens with zero attached hydrogens (tertiary/aromatic N) is 2. The molecule has 1 saturated carbocycles. The number of benzene rings is 1. The van der Waals surface area contributed by atoms with Crippen LogP contribution >= 0.6 is 0 Å². The maximum absolute atomic E-state index is 10.9. The number of aromatic carboxylic acids is 1. The number of aromatic nitrogens is 2. The van der Waals surface area contributed by atoms with E-state index in [0.717, 1.165) is 23.6 Å². The molecule has 4 heteroatoms. The zero-order chi connectivity index (χ0) is 14.7. The van der Waals surface area contributed by atoms with Crippen LogP contribution in [0.1, 0.15) is 42.5 Å². The van der Waals surface area contributed by atoms with E-state index in [1.165, 1.54) is 32.1 Å². The second-order valence-corrected chi connectivity index (χ2v) is 5.84. The zero-order valence-electron chi connectivity index (χ0n) is 12.0. The predicted molar refractivity (Wildman–Crippen MR) is 81.2 cm³/mol. The van der Waals surface area contributed by atoms with Gasteiger partial charge in [0.1, 0.15) is 0 Å². The molecular formula is C17H20N2O2. The highest BCUT2D eigenvalue weighted by molar-refractivity contribution is 5.88. The Morgan fingerprint density at radius 1 is 1.14 bits per heavy atom. The van der Waals surface area contributed by atoms with Crippen molar-refractivity contribution in [1.29, 1.82) is 0 Å². The molecule has 1 aliphatic rings. The van der Waals surface area contributed by atoms with Crippen LogP contribution in [-0.4, -0.2) is 20.9 Å². The van der Waals surface area contributed by atoms with Gasteiger partial charge in [0, 0.05) is 18.3 Å². The zero-order valence-corrected chi connectivity index (χ0v) is 12.0. The van der Waals surface area contributed by atoms with Crippen molar-refractivity contribution in [3.8, 4) is 11.1 Å². The van der Waals surface area contributed by atoms with E-state index in [9.17, 15) is 4.79 Å². The Hall–Kier alpha value is -2.10. The van der Waals surface area contributed by atoms with E-state index in [0.29, 0.717) is 5.56 Å². The van der Waals surface area contributed by atoms with Gasteiger partial charge in [-0.3, -0.25) is 4.68 Å². The summed E-state index contributed by atoms with van der Waals surface area (Å²) in [4.78, 5) is 10.9. The second kappa shape index (κ2) is 6.12. The van der Waals surface area contributed by atoms with Crippen molar-refractivity contribution in [2.75, 3.05) is 0 Å². The van der Waals surface area contributed by atoms with Crippen molar-refractivity contribution in [3.05, 3.63) is 42.2 Å². The molecule has 1 heterocycles. The number of rotatable bonds is 4. The van der Waals surface area contributed by atoms with Gasteiger partial charge < -0.3 is 5.11 Å². The van der Waals surface area contributed by atoms with Crippen LogP contribution in [0.3, 0.4) is 0 Å². The molecule has 3 rings (SSSR count). The van der Waals surface area contributed by atoms with Gasteiger partial charge in [0.2, 0.25) is 0 Å². The molecule has 4 nitrogen and oxygen atoms in total. The van der Waals surface area contributed by atoms with E-state index < -0.39 is 5.97 Å². The summed E-state index contributed by atoms with van der Waals surface area (Å²) in [5, 5.41) is 13.4. The highest BCUT2D eigenvalue weighted by Gasteiger charge is 2.14. The number of hydrogen-bond donors (Lipinski definition) is 1. The lowest BCUT2D eigenvalue weighted by molar-refractivity contribution is 0.0697. The Balaban J connectivity index is 1.70. The first-order valence-corrected chi connectivity index (χ1v) is 7.58. The lowest BCUT2D eigenvalue weighted by atomic mass is 9.89. The molecule has 0 atom stereocenters. The molecule has 110 valence electrons. The summed E-state index contributed by atoms with van der Waals surface area (Å²) in [6.07, 6.45) is 10.6. The van der Waals surface area contributed by atoms with E-state index in [1.54, 1.807) is 12.1 Å². The smallest absolute Gasteiger partial charge is 0.335 e. The molecular weight excluding hydrogens is 264 g/mol. The van der Waals surface area contributed by atoms with Gasteiger partial charge in [-0.05, 0) is 36.5 Å². The first kappa shape index (κ1) is 13.9. The van der Waals surface area contributed by atoms with E-state index in [1.807, 2.05) is 23.0 Å². The van der Waals surface area contributed by atoms with Crippen LogP contribution in [0, 0.1) is 5.92 Å². The third kappa shape index (κ3) is 3.32. The fraction of sp³-hybridized carbons (Fsp3) is 0.412. The van der Waals surface area contributed by atoms with Crippen molar-refractivity contribution in [2.45, 2.75) is 38.6 Å². The standard InChI is InChI=1S/C17H20N2O2/c20-17(21)15-8-6-14(7-9-15)16-10-18-19(12-16)11-13-4-2-1-3-5-13/h6-10,12-13H,1-5,11H2,(H,20,21). The molecule has 0 saturated heterocycles. The number of hydrogen-bond acceptors (Lipinski definition) is 2. The molecule has 1 aromatic heterocycles. The number of carboxylic acid groups (broad SMARTS) is 1. The average Bonchev–Trinajstić information content (AvgIpc) is 2.97. The minimum Gasteiger partial charge on any atom is -0.478 e. The molecule has 1 fully saturated rings. The van der Waals surface area contributed by atoms with Crippen molar-refractivity contribution in [3.63, 3.8) is 0 Å². The van der Waals surface area contributed by atoms with Crippen LogP contribution < -0.4 is 0 Å².